The molecular formula is C14H29NO3S. The van der Waals surface area contributed by atoms with E-state index in [4.69, 9.17) is 10.3 Å². The Balaban J connectivity index is 0.000000203. The molecule has 5 heteroatoms. The van der Waals surface area contributed by atoms with Crippen molar-refractivity contribution < 1.29 is 13.0 Å². The molecule has 0 aromatic rings. The van der Waals surface area contributed by atoms with Crippen molar-refractivity contribution in [3.8, 4) is 0 Å². The van der Waals surface area contributed by atoms with E-state index in [-0.39, 0.29) is 11.7 Å². The lowest BCUT2D eigenvalue weighted by Gasteiger charge is -2.24. The van der Waals surface area contributed by atoms with Gasteiger partial charge in [-0.05, 0) is 41.9 Å². The van der Waals surface area contributed by atoms with Gasteiger partial charge in [0.05, 0.1) is 5.75 Å². The summed E-state index contributed by atoms with van der Waals surface area (Å²) < 4.78 is 28.2. The molecule has 0 aliphatic heterocycles. The Morgan fingerprint density at radius 1 is 1.32 bits per heavy atom. The van der Waals surface area contributed by atoms with Crippen LogP contribution in [0.2, 0.25) is 0 Å². The van der Waals surface area contributed by atoms with Gasteiger partial charge in [-0.1, -0.05) is 34.6 Å². The van der Waals surface area contributed by atoms with Crippen LogP contribution in [0.25, 0.3) is 0 Å². The first kappa shape index (κ1) is 16.9. The molecule has 2 aliphatic rings. The number of fused-ring (bicyclic) bond motifs is 1. The standard InChI is InChI=1S/C10H19N.C4H10O3S/c1-6-4-5-7-8(9(6)11)10(7,2)3;1-4(2)3-8(5,6)7/h6-9H,4-5,11H2,1-3H3;4H,3H2,1-2H3,(H,5,6,7). The van der Waals surface area contributed by atoms with E-state index in [0.29, 0.717) is 11.5 Å². The van der Waals surface area contributed by atoms with Gasteiger partial charge >= 0.3 is 0 Å². The van der Waals surface area contributed by atoms with Crippen LogP contribution in [0.4, 0.5) is 0 Å². The van der Waals surface area contributed by atoms with E-state index < -0.39 is 10.1 Å². The first-order valence-corrected chi connectivity index (χ1v) is 8.78. The molecule has 0 spiro atoms. The summed E-state index contributed by atoms with van der Waals surface area (Å²) in [5.41, 5.74) is 6.71. The SMILES string of the molecule is CC(C)CS(=O)(=O)O.CC1CCC2C(C1N)C2(C)C. The van der Waals surface area contributed by atoms with Gasteiger partial charge in [-0.2, -0.15) is 8.42 Å². The van der Waals surface area contributed by atoms with Gasteiger partial charge in [-0.15, -0.1) is 0 Å². The molecule has 4 unspecified atom stereocenters. The molecular weight excluding hydrogens is 262 g/mol. The largest absolute Gasteiger partial charge is 0.327 e. The fourth-order valence-electron chi connectivity index (χ4n) is 3.51. The second-order valence-corrected chi connectivity index (χ2v) is 8.73. The third-order valence-electron chi connectivity index (χ3n) is 4.69. The van der Waals surface area contributed by atoms with Crippen LogP contribution in [0, 0.1) is 29.1 Å². The number of hydrogen-bond donors (Lipinski definition) is 2. The average molecular weight is 291 g/mol. The van der Waals surface area contributed by atoms with E-state index in [1.54, 1.807) is 13.8 Å². The van der Waals surface area contributed by atoms with Gasteiger partial charge in [-0.3, -0.25) is 4.55 Å². The molecule has 0 aromatic heterocycles. The molecule has 0 heterocycles. The molecule has 4 nitrogen and oxygen atoms in total. The van der Waals surface area contributed by atoms with Crippen molar-refractivity contribution in [1.29, 1.82) is 0 Å². The highest BCUT2D eigenvalue weighted by Crippen LogP contribution is 2.65. The van der Waals surface area contributed by atoms with E-state index in [1.165, 1.54) is 12.8 Å². The third kappa shape index (κ3) is 4.43. The maximum Gasteiger partial charge on any atom is 0.265 e. The minimum atomic E-state index is -3.72. The summed E-state index contributed by atoms with van der Waals surface area (Å²) in [5, 5.41) is 0. The number of hydrogen-bond acceptors (Lipinski definition) is 3. The molecule has 3 N–H and O–H groups in total. The van der Waals surface area contributed by atoms with Gasteiger partial charge in [0.2, 0.25) is 0 Å². The summed E-state index contributed by atoms with van der Waals surface area (Å²) in [5.74, 6) is 2.41. The molecule has 2 rings (SSSR count). The molecule has 2 fully saturated rings. The fourth-order valence-corrected chi connectivity index (χ4v) is 4.35. The first-order chi connectivity index (χ1) is 8.47. The summed E-state index contributed by atoms with van der Waals surface area (Å²) in [6, 6.07) is 0.490. The third-order valence-corrected chi connectivity index (χ3v) is 5.78. The number of rotatable bonds is 2. The Hall–Kier alpha value is -0.130. The Kier molecular flexibility index (Phi) is 5.08. The van der Waals surface area contributed by atoms with E-state index in [0.717, 1.165) is 17.8 Å². The van der Waals surface area contributed by atoms with Crippen molar-refractivity contribution in [3.05, 3.63) is 0 Å². The second-order valence-electron chi connectivity index (χ2n) is 7.23. The predicted molar refractivity (Wildman–Crippen MR) is 78.4 cm³/mol. The predicted octanol–water partition coefficient (Wildman–Crippen LogP) is 2.55. The van der Waals surface area contributed by atoms with Crippen LogP contribution in [0.5, 0.6) is 0 Å². The van der Waals surface area contributed by atoms with Gasteiger partial charge in [0.15, 0.2) is 0 Å². The van der Waals surface area contributed by atoms with E-state index in [9.17, 15) is 8.42 Å². The summed E-state index contributed by atoms with van der Waals surface area (Å²) in [6.45, 7) is 10.5. The topological polar surface area (TPSA) is 80.4 Å². The molecule has 0 saturated heterocycles. The zero-order valence-electron chi connectivity index (χ0n) is 12.8. The number of nitrogens with two attached hydrogens (primary N) is 1. The van der Waals surface area contributed by atoms with Gasteiger partial charge < -0.3 is 5.73 Å². The summed E-state index contributed by atoms with van der Waals surface area (Å²) in [4.78, 5) is 0. The molecule has 2 saturated carbocycles. The lowest BCUT2D eigenvalue weighted by molar-refractivity contribution is 0.311. The highest BCUT2D eigenvalue weighted by atomic mass is 32.2. The van der Waals surface area contributed by atoms with Crippen LogP contribution in [0.15, 0.2) is 0 Å². The average Bonchev–Trinajstić information content (AvgIpc) is 2.72. The van der Waals surface area contributed by atoms with Crippen LogP contribution in [0.3, 0.4) is 0 Å². The molecule has 4 atom stereocenters. The van der Waals surface area contributed by atoms with Crippen molar-refractivity contribution in [2.24, 2.45) is 34.8 Å². The smallest absolute Gasteiger partial charge is 0.265 e. The Morgan fingerprint density at radius 3 is 2.16 bits per heavy atom. The Labute approximate surface area is 117 Å². The minimum absolute atomic E-state index is 0.00463. The van der Waals surface area contributed by atoms with Crippen molar-refractivity contribution in [1.82, 2.24) is 0 Å². The quantitative estimate of drug-likeness (QED) is 0.766. The highest BCUT2D eigenvalue weighted by molar-refractivity contribution is 7.85. The summed E-state index contributed by atoms with van der Waals surface area (Å²) >= 11 is 0. The summed E-state index contributed by atoms with van der Waals surface area (Å²) in [6.07, 6.45) is 2.78. The molecule has 0 radical (unpaired) electrons. The normalized spacial score (nSPS) is 36.2. The monoisotopic (exact) mass is 291 g/mol. The second kappa shape index (κ2) is 5.70. The molecule has 2 aliphatic carbocycles. The van der Waals surface area contributed by atoms with Crippen LogP contribution in [-0.2, 0) is 10.1 Å². The van der Waals surface area contributed by atoms with Gasteiger partial charge in [-0.25, -0.2) is 0 Å². The zero-order valence-corrected chi connectivity index (χ0v) is 13.6. The van der Waals surface area contributed by atoms with Crippen LogP contribution < -0.4 is 5.73 Å². The lowest BCUT2D eigenvalue weighted by Crippen LogP contribution is -2.34. The van der Waals surface area contributed by atoms with Crippen molar-refractivity contribution >= 4 is 10.1 Å². The Bertz CT molecular complexity index is 403. The minimum Gasteiger partial charge on any atom is -0.327 e. The van der Waals surface area contributed by atoms with Crippen LogP contribution in [0.1, 0.15) is 47.5 Å². The van der Waals surface area contributed by atoms with Crippen molar-refractivity contribution in [2.45, 2.75) is 53.5 Å². The van der Waals surface area contributed by atoms with E-state index in [2.05, 4.69) is 20.8 Å². The van der Waals surface area contributed by atoms with Gasteiger partial charge in [0.1, 0.15) is 0 Å². The van der Waals surface area contributed by atoms with Crippen molar-refractivity contribution in [2.75, 3.05) is 5.75 Å². The van der Waals surface area contributed by atoms with Crippen molar-refractivity contribution in [3.63, 3.8) is 0 Å². The van der Waals surface area contributed by atoms with Gasteiger partial charge in [0.25, 0.3) is 10.1 Å². The maximum absolute atomic E-state index is 10.00. The van der Waals surface area contributed by atoms with E-state index >= 15 is 0 Å². The maximum atomic E-state index is 10.00. The van der Waals surface area contributed by atoms with E-state index in [1.807, 2.05) is 0 Å². The molecule has 114 valence electrons. The summed E-state index contributed by atoms with van der Waals surface area (Å²) in [7, 11) is -3.72. The van der Waals surface area contributed by atoms with Crippen LogP contribution >= 0.6 is 0 Å². The molecule has 19 heavy (non-hydrogen) atoms. The Morgan fingerprint density at radius 2 is 1.84 bits per heavy atom. The van der Waals surface area contributed by atoms with Crippen LogP contribution in [-0.4, -0.2) is 24.8 Å². The molecule has 0 aromatic carbocycles. The highest BCUT2D eigenvalue weighted by Gasteiger charge is 2.62. The zero-order chi connectivity index (χ0) is 15.0. The lowest BCUT2D eigenvalue weighted by atomic mass is 9.86. The molecule has 0 bridgehead atoms. The van der Waals surface area contributed by atoms with Gasteiger partial charge in [0, 0.05) is 6.04 Å². The molecule has 0 amide bonds. The first-order valence-electron chi connectivity index (χ1n) is 7.17. The fraction of sp³-hybridized carbons (Fsp3) is 1.00.